The number of pyridine rings is 1. The van der Waals surface area contributed by atoms with E-state index in [-0.39, 0.29) is 24.0 Å². The van der Waals surface area contributed by atoms with Gasteiger partial charge in [0.05, 0.1) is 24.3 Å². The van der Waals surface area contributed by atoms with Gasteiger partial charge in [0.1, 0.15) is 11.5 Å². The van der Waals surface area contributed by atoms with Crippen LogP contribution in [0.25, 0.3) is 0 Å². The Balaban J connectivity index is 1.16. The standard InChI is InChI=1S/C31H35N3O5/c35-25-6-7-27(31(38)33-19-21-8-12-32-13-9-21)29(17-25)34-14-10-22(11-15-34)20-39-26-3-1-2-24(16-26)28(18-30(36)37)23-4-5-23/h1-3,6-9,12-13,16-17,22-23,28,35H,4-5,10-11,14-15,18-20H2,(H,33,38)(H,36,37). The van der Waals surface area contributed by atoms with E-state index in [0.717, 1.165) is 61.3 Å². The zero-order valence-corrected chi connectivity index (χ0v) is 22.0. The van der Waals surface area contributed by atoms with E-state index < -0.39 is 5.97 Å². The highest BCUT2D eigenvalue weighted by Crippen LogP contribution is 2.45. The van der Waals surface area contributed by atoms with Gasteiger partial charge >= 0.3 is 5.97 Å². The number of carbonyl (C=O) groups is 2. The fourth-order valence-electron chi connectivity index (χ4n) is 5.38. The van der Waals surface area contributed by atoms with Gasteiger partial charge in [-0.3, -0.25) is 14.6 Å². The Hall–Kier alpha value is -4.07. The molecular formula is C31H35N3O5. The van der Waals surface area contributed by atoms with Gasteiger partial charge in [-0.25, -0.2) is 0 Å². The second-order valence-corrected chi connectivity index (χ2v) is 10.6. The van der Waals surface area contributed by atoms with Gasteiger partial charge < -0.3 is 25.2 Å². The number of aromatic hydroxyl groups is 1. The van der Waals surface area contributed by atoms with Crippen LogP contribution in [-0.2, 0) is 11.3 Å². The summed E-state index contributed by atoms with van der Waals surface area (Å²) in [5.74, 6) is 0.851. The number of aromatic nitrogens is 1. The van der Waals surface area contributed by atoms with Crippen molar-refractivity contribution in [2.24, 2.45) is 11.8 Å². The average molecular weight is 530 g/mol. The lowest BCUT2D eigenvalue weighted by Crippen LogP contribution is -2.37. The van der Waals surface area contributed by atoms with Crippen molar-refractivity contribution in [1.29, 1.82) is 0 Å². The van der Waals surface area contributed by atoms with Crippen molar-refractivity contribution in [3.05, 3.63) is 83.7 Å². The zero-order valence-electron chi connectivity index (χ0n) is 22.0. The molecule has 1 atom stereocenters. The van der Waals surface area contributed by atoms with E-state index in [4.69, 9.17) is 4.74 Å². The summed E-state index contributed by atoms with van der Waals surface area (Å²) in [6, 6.07) is 16.5. The van der Waals surface area contributed by atoms with E-state index in [1.54, 1.807) is 30.6 Å². The van der Waals surface area contributed by atoms with Crippen molar-refractivity contribution in [2.45, 2.75) is 44.6 Å². The number of nitrogens with one attached hydrogen (secondary N) is 1. The highest BCUT2D eigenvalue weighted by atomic mass is 16.5. The van der Waals surface area contributed by atoms with E-state index in [1.807, 2.05) is 36.4 Å². The van der Waals surface area contributed by atoms with Gasteiger partial charge in [-0.2, -0.15) is 0 Å². The normalized spacial score (nSPS) is 16.5. The minimum Gasteiger partial charge on any atom is -0.508 e. The molecule has 2 aromatic carbocycles. The van der Waals surface area contributed by atoms with Gasteiger partial charge in [0.2, 0.25) is 0 Å². The Morgan fingerprint density at radius 1 is 1.03 bits per heavy atom. The summed E-state index contributed by atoms with van der Waals surface area (Å²) in [6.45, 7) is 2.50. The number of aliphatic carboxylic acids is 1. The molecule has 5 rings (SSSR count). The first-order chi connectivity index (χ1) is 19.0. The van der Waals surface area contributed by atoms with Crippen LogP contribution >= 0.6 is 0 Å². The Labute approximate surface area is 228 Å². The van der Waals surface area contributed by atoms with Crippen molar-refractivity contribution < 1.29 is 24.5 Å². The molecule has 8 heteroatoms. The molecule has 1 aliphatic heterocycles. The van der Waals surface area contributed by atoms with Crippen LogP contribution in [0.15, 0.2) is 67.0 Å². The number of hydrogen-bond acceptors (Lipinski definition) is 6. The topological polar surface area (TPSA) is 112 Å². The average Bonchev–Trinajstić information content (AvgIpc) is 3.80. The number of phenolic OH excluding ortho intramolecular Hbond substituents is 1. The molecule has 8 nitrogen and oxygen atoms in total. The summed E-state index contributed by atoms with van der Waals surface area (Å²) in [4.78, 5) is 30.5. The monoisotopic (exact) mass is 529 g/mol. The van der Waals surface area contributed by atoms with Gasteiger partial charge in [0, 0.05) is 38.1 Å². The highest BCUT2D eigenvalue weighted by Gasteiger charge is 2.34. The van der Waals surface area contributed by atoms with Gasteiger partial charge in [-0.15, -0.1) is 0 Å². The molecule has 39 heavy (non-hydrogen) atoms. The van der Waals surface area contributed by atoms with E-state index in [0.29, 0.717) is 30.6 Å². The molecule has 1 saturated heterocycles. The van der Waals surface area contributed by atoms with Crippen LogP contribution in [0.1, 0.15) is 59.5 Å². The second kappa shape index (κ2) is 12.2. The molecule has 0 radical (unpaired) electrons. The zero-order chi connectivity index (χ0) is 27.2. The lowest BCUT2D eigenvalue weighted by molar-refractivity contribution is -0.137. The SMILES string of the molecule is O=C(O)CC(c1cccc(OCC2CCN(c3cc(O)ccc3C(=O)NCc3ccncc3)CC2)c1)C1CC1. The first kappa shape index (κ1) is 26.5. The third-order valence-corrected chi connectivity index (χ3v) is 7.74. The number of nitrogens with zero attached hydrogens (tertiary/aromatic N) is 2. The molecule has 2 fully saturated rings. The molecule has 3 aromatic rings. The molecule has 0 bridgehead atoms. The van der Waals surface area contributed by atoms with Crippen LogP contribution in [-0.4, -0.2) is 46.8 Å². The Morgan fingerprint density at radius 3 is 2.51 bits per heavy atom. The number of rotatable bonds is 11. The van der Waals surface area contributed by atoms with Crippen LogP contribution < -0.4 is 15.0 Å². The van der Waals surface area contributed by atoms with Crippen LogP contribution in [0.5, 0.6) is 11.5 Å². The molecule has 1 aliphatic carbocycles. The summed E-state index contributed by atoms with van der Waals surface area (Å²) in [5, 5.41) is 22.4. The molecular weight excluding hydrogens is 494 g/mol. The van der Waals surface area contributed by atoms with Gasteiger partial charge in [0.25, 0.3) is 5.91 Å². The summed E-state index contributed by atoms with van der Waals surface area (Å²) >= 11 is 0. The second-order valence-electron chi connectivity index (χ2n) is 10.6. The molecule has 1 amide bonds. The highest BCUT2D eigenvalue weighted by molar-refractivity contribution is 6.00. The Morgan fingerprint density at radius 2 is 1.79 bits per heavy atom. The molecule has 0 spiro atoms. The van der Waals surface area contributed by atoms with Crippen molar-refractivity contribution in [3.8, 4) is 11.5 Å². The van der Waals surface area contributed by atoms with Crippen molar-refractivity contribution in [3.63, 3.8) is 0 Å². The maximum absolute atomic E-state index is 13.0. The van der Waals surface area contributed by atoms with E-state index in [2.05, 4.69) is 15.2 Å². The Bertz CT molecular complexity index is 1290. The maximum Gasteiger partial charge on any atom is 0.303 e. The number of carboxylic acid groups (broad SMARTS) is 1. The summed E-state index contributed by atoms with van der Waals surface area (Å²) in [7, 11) is 0. The first-order valence-electron chi connectivity index (χ1n) is 13.7. The lowest BCUT2D eigenvalue weighted by Gasteiger charge is -2.34. The van der Waals surface area contributed by atoms with E-state index in [9.17, 15) is 19.8 Å². The third kappa shape index (κ3) is 7.07. The number of benzene rings is 2. The Kier molecular flexibility index (Phi) is 8.30. The molecule has 3 N–H and O–H groups in total. The lowest BCUT2D eigenvalue weighted by atomic mass is 9.91. The van der Waals surface area contributed by atoms with Crippen molar-refractivity contribution in [1.82, 2.24) is 10.3 Å². The van der Waals surface area contributed by atoms with Crippen LogP contribution in [0.2, 0.25) is 0 Å². The largest absolute Gasteiger partial charge is 0.508 e. The van der Waals surface area contributed by atoms with E-state index in [1.165, 1.54) is 0 Å². The predicted molar refractivity (Wildman–Crippen MR) is 148 cm³/mol. The minimum atomic E-state index is -0.758. The molecule has 1 saturated carbocycles. The summed E-state index contributed by atoms with van der Waals surface area (Å²) in [6.07, 6.45) is 7.54. The van der Waals surface area contributed by atoms with Crippen LogP contribution in [0.4, 0.5) is 5.69 Å². The van der Waals surface area contributed by atoms with Crippen LogP contribution in [0.3, 0.4) is 0 Å². The van der Waals surface area contributed by atoms with Gasteiger partial charge in [-0.05, 0) is 91.0 Å². The van der Waals surface area contributed by atoms with Crippen molar-refractivity contribution in [2.75, 3.05) is 24.6 Å². The third-order valence-electron chi connectivity index (χ3n) is 7.74. The quantitative estimate of drug-likeness (QED) is 0.321. The minimum absolute atomic E-state index is 0.0488. The number of amides is 1. The van der Waals surface area contributed by atoms with E-state index >= 15 is 0 Å². The molecule has 2 heterocycles. The van der Waals surface area contributed by atoms with Gasteiger partial charge in [0.15, 0.2) is 0 Å². The number of carbonyl (C=O) groups excluding carboxylic acids is 1. The number of carboxylic acids is 1. The maximum atomic E-state index is 13.0. The summed E-state index contributed by atoms with van der Waals surface area (Å²) < 4.78 is 6.16. The number of piperidine rings is 1. The fourth-order valence-corrected chi connectivity index (χ4v) is 5.38. The molecule has 204 valence electrons. The molecule has 2 aliphatic rings. The first-order valence-corrected chi connectivity index (χ1v) is 13.7. The summed E-state index contributed by atoms with van der Waals surface area (Å²) in [5.41, 5.74) is 3.29. The number of ether oxygens (including phenoxy) is 1. The predicted octanol–water partition coefficient (Wildman–Crippen LogP) is 4.98. The molecule has 1 aromatic heterocycles. The molecule has 1 unspecified atom stereocenters. The smallest absolute Gasteiger partial charge is 0.303 e. The number of hydrogen-bond donors (Lipinski definition) is 3. The number of anilines is 1. The fraction of sp³-hybridized carbons (Fsp3) is 0.387. The van der Waals surface area contributed by atoms with Gasteiger partial charge in [-0.1, -0.05) is 12.1 Å². The van der Waals surface area contributed by atoms with Crippen molar-refractivity contribution >= 4 is 17.6 Å². The van der Waals surface area contributed by atoms with Crippen LogP contribution in [0, 0.1) is 11.8 Å². The number of phenols is 1.